The van der Waals surface area contributed by atoms with E-state index in [1.54, 1.807) is 12.1 Å². The lowest BCUT2D eigenvalue weighted by atomic mass is 10.1. The van der Waals surface area contributed by atoms with Gasteiger partial charge in [0.25, 0.3) is 0 Å². The Morgan fingerprint density at radius 2 is 1.48 bits per heavy atom. The molecular formula is C21H27N3O5. The summed E-state index contributed by atoms with van der Waals surface area (Å²) in [6, 6.07) is 8.55. The molecule has 2 rings (SSSR count). The normalized spacial score (nSPS) is 10.1. The van der Waals surface area contributed by atoms with E-state index in [1.807, 2.05) is 32.0 Å². The topological polar surface area (TPSA) is 89.1 Å². The van der Waals surface area contributed by atoms with Gasteiger partial charge in [-0.3, -0.25) is 4.79 Å². The number of anilines is 2. The van der Waals surface area contributed by atoms with Crippen LogP contribution >= 0.6 is 0 Å². The highest BCUT2D eigenvalue weighted by atomic mass is 16.5. The number of methoxy groups -OCH3 is 3. The second-order valence-corrected chi connectivity index (χ2v) is 6.52. The molecular weight excluding hydrogens is 374 g/mol. The van der Waals surface area contributed by atoms with Crippen LogP contribution in [0.15, 0.2) is 30.3 Å². The van der Waals surface area contributed by atoms with Crippen molar-refractivity contribution in [3.8, 4) is 17.2 Å². The van der Waals surface area contributed by atoms with Crippen LogP contribution < -0.4 is 24.8 Å². The zero-order chi connectivity index (χ0) is 21.6. The molecule has 8 heteroatoms. The Kier molecular flexibility index (Phi) is 7.30. The Morgan fingerprint density at radius 1 is 0.931 bits per heavy atom. The molecule has 2 aromatic rings. The molecule has 0 spiro atoms. The van der Waals surface area contributed by atoms with E-state index in [4.69, 9.17) is 14.2 Å². The molecule has 0 saturated heterocycles. The lowest BCUT2D eigenvalue weighted by Gasteiger charge is -2.20. The number of rotatable bonds is 7. The minimum absolute atomic E-state index is 0.107. The highest BCUT2D eigenvalue weighted by molar-refractivity contribution is 5.97. The van der Waals surface area contributed by atoms with E-state index < -0.39 is 6.03 Å². The predicted octanol–water partition coefficient (Wildman–Crippen LogP) is 3.43. The number of nitrogens with one attached hydrogen (secondary N) is 2. The lowest BCUT2D eigenvalue weighted by Crippen LogP contribution is -2.37. The third-order valence-electron chi connectivity index (χ3n) is 4.39. The van der Waals surface area contributed by atoms with E-state index in [9.17, 15) is 9.59 Å². The molecule has 8 nitrogen and oxygen atoms in total. The SMILES string of the molecule is COc1cc(NC(=O)N(C)CC(=O)Nc2c(C)cccc2C)cc(OC)c1OC. The van der Waals surface area contributed by atoms with Crippen LogP contribution in [0.3, 0.4) is 0 Å². The van der Waals surface area contributed by atoms with Crippen LogP contribution in [0.5, 0.6) is 17.2 Å². The first-order valence-electron chi connectivity index (χ1n) is 8.98. The van der Waals surface area contributed by atoms with Gasteiger partial charge in [0.05, 0.1) is 27.0 Å². The number of urea groups is 1. The summed E-state index contributed by atoms with van der Waals surface area (Å²) in [5.74, 6) is 0.967. The molecule has 0 heterocycles. The Morgan fingerprint density at radius 3 is 1.97 bits per heavy atom. The number of benzene rings is 2. The number of hydrogen-bond acceptors (Lipinski definition) is 5. The van der Waals surface area contributed by atoms with Crippen LogP contribution in [0.2, 0.25) is 0 Å². The zero-order valence-electron chi connectivity index (χ0n) is 17.6. The molecule has 0 aromatic heterocycles. The molecule has 0 atom stereocenters. The van der Waals surface area contributed by atoms with Crippen molar-refractivity contribution in [2.24, 2.45) is 0 Å². The van der Waals surface area contributed by atoms with Crippen LogP contribution in [0.1, 0.15) is 11.1 Å². The first-order valence-corrected chi connectivity index (χ1v) is 8.98. The van der Waals surface area contributed by atoms with Gasteiger partial charge in [-0.1, -0.05) is 18.2 Å². The monoisotopic (exact) mass is 401 g/mol. The summed E-state index contributed by atoms with van der Waals surface area (Å²) in [5.41, 5.74) is 3.13. The Bertz CT molecular complexity index is 853. The fourth-order valence-corrected chi connectivity index (χ4v) is 2.85. The predicted molar refractivity (Wildman–Crippen MR) is 112 cm³/mol. The minimum atomic E-state index is -0.448. The standard InChI is InChI=1S/C21H27N3O5/c1-13-8-7-9-14(2)19(13)23-18(25)12-24(3)21(26)22-15-10-16(27-4)20(29-6)17(11-15)28-5/h7-11H,12H2,1-6H3,(H,22,26)(H,23,25). The number of aryl methyl sites for hydroxylation is 2. The van der Waals surface area contributed by atoms with E-state index in [-0.39, 0.29) is 12.5 Å². The molecule has 0 fully saturated rings. The first kappa shape index (κ1) is 21.9. The molecule has 156 valence electrons. The fourth-order valence-electron chi connectivity index (χ4n) is 2.85. The van der Waals surface area contributed by atoms with Gasteiger partial charge in [0.2, 0.25) is 11.7 Å². The third-order valence-corrected chi connectivity index (χ3v) is 4.39. The number of nitrogens with zero attached hydrogens (tertiary/aromatic N) is 1. The van der Waals surface area contributed by atoms with E-state index in [1.165, 1.54) is 33.3 Å². The molecule has 3 amide bonds. The Balaban J connectivity index is 2.06. The largest absolute Gasteiger partial charge is 0.493 e. The van der Waals surface area contributed by atoms with Gasteiger partial charge in [-0.2, -0.15) is 0 Å². The Labute approximate surface area is 170 Å². The van der Waals surface area contributed by atoms with Crippen LogP contribution in [-0.2, 0) is 4.79 Å². The number of amides is 3. The fraction of sp³-hybridized carbons (Fsp3) is 0.333. The Hall–Kier alpha value is -3.42. The van der Waals surface area contributed by atoms with E-state index in [2.05, 4.69) is 10.6 Å². The summed E-state index contributed by atoms with van der Waals surface area (Å²) in [4.78, 5) is 26.2. The van der Waals surface area contributed by atoms with Crippen molar-refractivity contribution in [1.29, 1.82) is 0 Å². The van der Waals surface area contributed by atoms with Crippen molar-refractivity contribution in [2.45, 2.75) is 13.8 Å². The second-order valence-electron chi connectivity index (χ2n) is 6.52. The molecule has 0 aliphatic heterocycles. The highest BCUT2D eigenvalue weighted by Gasteiger charge is 2.18. The molecule has 29 heavy (non-hydrogen) atoms. The van der Waals surface area contributed by atoms with Gasteiger partial charge in [-0.25, -0.2) is 4.79 Å². The molecule has 0 bridgehead atoms. The average molecular weight is 401 g/mol. The van der Waals surface area contributed by atoms with Gasteiger partial charge in [0, 0.05) is 24.9 Å². The van der Waals surface area contributed by atoms with E-state index in [0.717, 1.165) is 16.8 Å². The van der Waals surface area contributed by atoms with Crippen LogP contribution in [0, 0.1) is 13.8 Å². The quantitative estimate of drug-likeness (QED) is 0.742. The van der Waals surface area contributed by atoms with Crippen molar-refractivity contribution in [3.05, 3.63) is 41.5 Å². The van der Waals surface area contributed by atoms with Gasteiger partial charge in [-0.15, -0.1) is 0 Å². The van der Waals surface area contributed by atoms with Crippen molar-refractivity contribution in [1.82, 2.24) is 4.90 Å². The van der Waals surface area contributed by atoms with Crippen LogP contribution in [0.4, 0.5) is 16.2 Å². The molecule has 0 saturated carbocycles. The molecule has 0 aliphatic carbocycles. The maximum atomic E-state index is 12.5. The molecule has 2 N–H and O–H groups in total. The zero-order valence-corrected chi connectivity index (χ0v) is 17.6. The number of ether oxygens (including phenoxy) is 3. The number of carbonyl (C=O) groups excluding carboxylic acids is 2. The summed E-state index contributed by atoms with van der Waals surface area (Å²) in [7, 11) is 6.03. The van der Waals surface area contributed by atoms with Crippen LogP contribution in [-0.4, -0.2) is 51.8 Å². The number of hydrogen-bond donors (Lipinski definition) is 2. The van der Waals surface area contributed by atoms with Gasteiger partial charge in [0.1, 0.15) is 6.54 Å². The van der Waals surface area contributed by atoms with Crippen molar-refractivity contribution >= 4 is 23.3 Å². The van der Waals surface area contributed by atoms with Gasteiger partial charge < -0.3 is 29.7 Å². The summed E-state index contributed by atoms with van der Waals surface area (Å²) < 4.78 is 15.8. The molecule has 0 aliphatic rings. The molecule has 0 unspecified atom stereocenters. The number of para-hydroxylation sites is 1. The third kappa shape index (κ3) is 5.31. The van der Waals surface area contributed by atoms with Crippen LogP contribution in [0.25, 0.3) is 0 Å². The summed E-state index contributed by atoms with van der Waals surface area (Å²) in [6.45, 7) is 3.73. The lowest BCUT2D eigenvalue weighted by molar-refractivity contribution is -0.116. The second kappa shape index (κ2) is 9.68. The molecule has 0 radical (unpaired) electrons. The summed E-state index contributed by atoms with van der Waals surface area (Å²) >= 11 is 0. The smallest absolute Gasteiger partial charge is 0.322 e. The van der Waals surface area contributed by atoms with E-state index >= 15 is 0 Å². The number of likely N-dealkylation sites (N-methyl/N-ethyl adjacent to an activating group) is 1. The maximum Gasteiger partial charge on any atom is 0.322 e. The van der Waals surface area contributed by atoms with Crippen molar-refractivity contribution in [3.63, 3.8) is 0 Å². The van der Waals surface area contributed by atoms with Crippen molar-refractivity contribution < 1.29 is 23.8 Å². The van der Waals surface area contributed by atoms with E-state index in [0.29, 0.717) is 22.9 Å². The highest BCUT2D eigenvalue weighted by Crippen LogP contribution is 2.39. The number of carbonyl (C=O) groups is 2. The molecule has 2 aromatic carbocycles. The van der Waals surface area contributed by atoms with Gasteiger partial charge >= 0.3 is 6.03 Å². The van der Waals surface area contributed by atoms with Gasteiger partial charge in [0.15, 0.2) is 11.5 Å². The summed E-state index contributed by atoms with van der Waals surface area (Å²) in [5, 5.41) is 5.59. The van der Waals surface area contributed by atoms with Crippen molar-refractivity contribution in [2.75, 3.05) is 45.6 Å². The first-order chi connectivity index (χ1) is 13.8. The maximum absolute atomic E-state index is 12.5. The van der Waals surface area contributed by atoms with Gasteiger partial charge in [-0.05, 0) is 25.0 Å². The minimum Gasteiger partial charge on any atom is -0.493 e. The summed E-state index contributed by atoms with van der Waals surface area (Å²) in [6.07, 6.45) is 0. The average Bonchev–Trinajstić information content (AvgIpc) is 2.69.